The van der Waals surface area contributed by atoms with Gasteiger partial charge in [-0.15, -0.1) is 0 Å². The molecule has 7 rings (SSSR count). The Balaban J connectivity index is 0.812. The van der Waals surface area contributed by atoms with Crippen molar-refractivity contribution in [2.75, 3.05) is 62.7 Å². The summed E-state index contributed by atoms with van der Waals surface area (Å²) in [6, 6.07) is 11.8. The fourth-order valence-electron chi connectivity index (χ4n) is 9.11. The van der Waals surface area contributed by atoms with Crippen molar-refractivity contribution in [3.63, 3.8) is 0 Å². The summed E-state index contributed by atoms with van der Waals surface area (Å²) in [4.78, 5) is 73.7. The first-order chi connectivity index (χ1) is 28.6. The van der Waals surface area contributed by atoms with E-state index < -0.39 is 46.3 Å². The molecule has 4 aliphatic rings. The molecule has 17 heteroatoms. The highest BCUT2D eigenvalue weighted by Crippen LogP contribution is 2.55. The zero-order chi connectivity index (χ0) is 42.9. The van der Waals surface area contributed by atoms with Crippen LogP contribution in [-0.2, 0) is 14.3 Å². The van der Waals surface area contributed by atoms with Crippen LogP contribution in [0.2, 0.25) is 5.02 Å². The molecule has 316 valence electrons. The number of hydrogen-bond acceptors (Lipinski definition) is 12. The van der Waals surface area contributed by atoms with Crippen molar-refractivity contribution in [3.8, 4) is 11.8 Å². The molecule has 1 unspecified atom stereocenters. The first-order valence-electron chi connectivity index (χ1n) is 20.1. The normalized spacial score (nSPS) is 22.1. The summed E-state index contributed by atoms with van der Waals surface area (Å²) in [7, 11) is 0. The quantitative estimate of drug-likeness (QED) is 0.154. The fraction of sp³-hybridized carbons (Fsp3) is 0.465. The zero-order valence-corrected chi connectivity index (χ0v) is 34.7. The van der Waals surface area contributed by atoms with Gasteiger partial charge in [0.15, 0.2) is 0 Å². The van der Waals surface area contributed by atoms with Gasteiger partial charge in [0.2, 0.25) is 11.8 Å². The molecule has 2 saturated heterocycles. The van der Waals surface area contributed by atoms with E-state index in [0.717, 1.165) is 49.5 Å². The van der Waals surface area contributed by atoms with Gasteiger partial charge in [-0.05, 0) is 49.2 Å². The van der Waals surface area contributed by atoms with Crippen molar-refractivity contribution in [3.05, 3.63) is 81.8 Å². The van der Waals surface area contributed by atoms with Crippen LogP contribution in [0.3, 0.4) is 0 Å². The third-order valence-corrected chi connectivity index (χ3v) is 12.3. The molecule has 1 atom stereocenters. The summed E-state index contributed by atoms with van der Waals surface area (Å²) in [5.41, 5.74) is -0.138. The lowest BCUT2D eigenvalue weighted by Gasteiger charge is -2.63. The molecule has 15 nitrogen and oxygen atoms in total. The number of imide groups is 2. The summed E-state index contributed by atoms with van der Waals surface area (Å²) in [5, 5.41) is 17.8. The van der Waals surface area contributed by atoms with Gasteiger partial charge >= 0.3 is 0 Å². The highest BCUT2D eigenvalue weighted by molar-refractivity contribution is 6.31. The number of fused-ring (bicyclic) bond motifs is 1. The molecular formula is C43H48ClFN8O7. The van der Waals surface area contributed by atoms with E-state index in [1.54, 1.807) is 30.5 Å². The molecule has 1 aromatic heterocycles. The van der Waals surface area contributed by atoms with Crippen LogP contribution in [0.25, 0.3) is 0 Å². The number of hydrogen-bond donors (Lipinski definition) is 3. The van der Waals surface area contributed by atoms with Crippen molar-refractivity contribution < 1.29 is 37.8 Å². The van der Waals surface area contributed by atoms with Crippen LogP contribution in [0.5, 0.6) is 5.75 Å². The van der Waals surface area contributed by atoms with Gasteiger partial charge in [-0.2, -0.15) is 5.26 Å². The molecule has 3 N–H and O–H groups in total. The minimum absolute atomic E-state index is 0.00599. The molecule has 1 saturated carbocycles. The Hall–Kier alpha value is -5.63. The SMILES string of the molecule is CC1(C)C(NC(=O)c2ccc(N3CCN(CCOCCCNc4c(F)ccc5c4C(=O)N(C4CCC(=O)NC4=O)C5=O)CC3)nc2)C(C)(C)C1Oc1ccc(C#N)c(Cl)c1. The van der Waals surface area contributed by atoms with Crippen LogP contribution in [-0.4, -0.2) is 115 Å². The maximum Gasteiger partial charge on any atom is 0.264 e. The molecule has 4 heterocycles. The van der Waals surface area contributed by atoms with Crippen molar-refractivity contribution >= 4 is 52.6 Å². The van der Waals surface area contributed by atoms with Crippen molar-refractivity contribution in [2.24, 2.45) is 10.8 Å². The first kappa shape index (κ1) is 42.5. The van der Waals surface area contributed by atoms with Gasteiger partial charge in [0.1, 0.15) is 35.6 Å². The number of nitrogens with one attached hydrogen (secondary N) is 3. The monoisotopic (exact) mass is 842 g/mol. The Morgan fingerprint density at radius 1 is 1.02 bits per heavy atom. The van der Waals surface area contributed by atoms with Crippen LogP contribution >= 0.6 is 11.6 Å². The summed E-state index contributed by atoms with van der Waals surface area (Å²) in [5.74, 6) is -2.20. The number of piperazine rings is 1. The number of nitrogens with zero attached hydrogens (tertiary/aromatic N) is 5. The van der Waals surface area contributed by atoms with E-state index >= 15 is 0 Å². The molecule has 3 aromatic rings. The van der Waals surface area contributed by atoms with Gasteiger partial charge in [-0.3, -0.25) is 39.1 Å². The van der Waals surface area contributed by atoms with E-state index in [1.165, 1.54) is 6.07 Å². The summed E-state index contributed by atoms with van der Waals surface area (Å²) in [6.07, 6.45) is 1.91. The van der Waals surface area contributed by atoms with Gasteiger partial charge < -0.3 is 25.0 Å². The highest BCUT2D eigenvalue weighted by Gasteiger charge is 2.64. The maximum atomic E-state index is 14.9. The summed E-state index contributed by atoms with van der Waals surface area (Å²) >= 11 is 6.23. The second-order valence-corrected chi connectivity index (χ2v) is 17.1. The molecule has 3 fully saturated rings. The van der Waals surface area contributed by atoms with Crippen LogP contribution in [0, 0.1) is 28.0 Å². The van der Waals surface area contributed by atoms with Crippen molar-refractivity contribution in [2.45, 2.75) is 65.1 Å². The van der Waals surface area contributed by atoms with Crippen LogP contribution < -0.4 is 25.6 Å². The van der Waals surface area contributed by atoms with Gasteiger partial charge in [0.25, 0.3) is 17.7 Å². The number of carbonyl (C=O) groups excluding carboxylic acids is 5. The Morgan fingerprint density at radius 3 is 2.43 bits per heavy atom. The van der Waals surface area contributed by atoms with Crippen molar-refractivity contribution in [1.82, 2.24) is 25.4 Å². The lowest BCUT2D eigenvalue weighted by Crippen LogP contribution is -2.74. The topological polar surface area (TPSA) is 186 Å². The van der Waals surface area contributed by atoms with Gasteiger partial charge in [-0.1, -0.05) is 39.3 Å². The average molecular weight is 843 g/mol. The van der Waals surface area contributed by atoms with E-state index in [-0.39, 0.29) is 54.3 Å². The molecule has 1 aliphatic carbocycles. The summed E-state index contributed by atoms with van der Waals surface area (Å²) in [6.45, 7) is 13.3. The molecule has 60 heavy (non-hydrogen) atoms. The number of aromatic nitrogens is 1. The van der Waals surface area contributed by atoms with E-state index in [4.69, 9.17) is 21.1 Å². The zero-order valence-electron chi connectivity index (χ0n) is 34.0. The number of nitriles is 1. The smallest absolute Gasteiger partial charge is 0.264 e. The number of benzene rings is 2. The molecule has 5 amide bonds. The van der Waals surface area contributed by atoms with Crippen LogP contribution in [0.1, 0.15) is 83.6 Å². The third kappa shape index (κ3) is 8.26. The number of amides is 5. The Labute approximate surface area is 352 Å². The first-order valence-corrected chi connectivity index (χ1v) is 20.5. The number of rotatable bonds is 14. The molecule has 0 bridgehead atoms. The number of piperidine rings is 1. The number of pyridine rings is 1. The molecule has 2 aromatic carbocycles. The number of ether oxygens (including phenoxy) is 2. The van der Waals surface area contributed by atoms with Crippen molar-refractivity contribution in [1.29, 1.82) is 5.26 Å². The Morgan fingerprint density at radius 2 is 1.77 bits per heavy atom. The van der Waals surface area contributed by atoms with Crippen LogP contribution in [0.15, 0.2) is 48.7 Å². The van der Waals surface area contributed by atoms with Gasteiger partial charge in [0, 0.05) is 81.4 Å². The van der Waals surface area contributed by atoms with Crippen LogP contribution in [0.4, 0.5) is 15.9 Å². The number of anilines is 2. The Kier molecular flexibility index (Phi) is 12.1. The van der Waals surface area contributed by atoms with E-state index in [0.29, 0.717) is 41.5 Å². The second kappa shape index (κ2) is 17.2. The van der Waals surface area contributed by atoms with E-state index in [9.17, 15) is 33.6 Å². The minimum atomic E-state index is -1.13. The lowest BCUT2D eigenvalue weighted by molar-refractivity contribution is -0.164. The highest BCUT2D eigenvalue weighted by atomic mass is 35.5. The Bertz CT molecular complexity index is 2220. The molecule has 0 radical (unpaired) electrons. The van der Waals surface area contributed by atoms with Gasteiger partial charge in [-0.25, -0.2) is 9.37 Å². The molecule has 3 aliphatic heterocycles. The maximum absolute atomic E-state index is 14.9. The number of halogens is 2. The number of carbonyl (C=O) groups is 5. The standard InChI is InChI=1S/C43H48ClFN8O7/c1-42(2)40(43(3,4)41(42)60-27-8-6-25(23-46)29(44)22-27)50-36(55)26-7-12-32(48-24-26)52-17-15-51(16-18-52)19-21-59-20-5-14-47-35-30(45)10-9-28-34(35)39(58)53(38(28)57)31-11-13-33(54)49-37(31)56/h6-10,12,22,24,31,40-41,47H,5,11,13-21H2,1-4H3,(H,50,55)(H,49,54,56). The molecular weight excluding hydrogens is 795 g/mol. The summed E-state index contributed by atoms with van der Waals surface area (Å²) < 4.78 is 27.1. The van der Waals surface area contributed by atoms with Gasteiger partial charge in [0.05, 0.1) is 39.6 Å². The predicted octanol–water partition coefficient (Wildman–Crippen LogP) is 4.40. The fourth-order valence-corrected chi connectivity index (χ4v) is 9.32. The third-order valence-electron chi connectivity index (χ3n) is 12.0. The van der Waals surface area contributed by atoms with E-state index in [1.807, 2.05) is 6.07 Å². The molecule has 0 spiro atoms. The average Bonchev–Trinajstić information content (AvgIpc) is 3.47. The van der Waals surface area contributed by atoms with E-state index in [2.05, 4.69) is 64.5 Å². The minimum Gasteiger partial charge on any atom is -0.489 e. The predicted molar refractivity (Wildman–Crippen MR) is 219 cm³/mol. The second-order valence-electron chi connectivity index (χ2n) is 16.7. The lowest BCUT2D eigenvalue weighted by atomic mass is 9.49. The largest absolute Gasteiger partial charge is 0.489 e.